The first kappa shape index (κ1) is 19.9. The topological polar surface area (TPSA) is 75.1 Å². The molecular weight excluding hydrogens is 376 g/mol. The Morgan fingerprint density at radius 3 is 2.83 bits per heavy atom. The Morgan fingerprint density at radius 2 is 2.03 bits per heavy atom. The number of hydrogen-bond donors (Lipinski definition) is 2. The molecule has 4 rings (SSSR count). The van der Waals surface area contributed by atoms with Crippen LogP contribution in [0.15, 0.2) is 54.9 Å². The number of carbonyl (C=O) groups is 1. The van der Waals surface area contributed by atoms with Crippen LogP contribution in [0.5, 0.6) is 0 Å². The minimum absolute atomic E-state index is 0.0134. The third kappa shape index (κ3) is 4.45. The van der Waals surface area contributed by atoms with E-state index in [1.165, 1.54) is 11.3 Å². The molecule has 2 amide bonds. The van der Waals surface area contributed by atoms with Gasteiger partial charge in [0.15, 0.2) is 0 Å². The third-order valence-electron chi connectivity index (χ3n) is 5.47. The minimum atomic E-state index is -0.169. The van der Waals surface area contributed by atoms with Gasteiger partial charge in [-0.2, -0.15) is 5.10 Å². The summed E-state index contributed by atoms with van der Waals surface area (Å²) < 4.78 is 2.06. The molecule has 1 aromatic carbocycles. The van der Waals surface area contributed by atoms with Crippen molar-refractivity contribution in [3.63, 3.8) is 0 Å². The van der Waals surface area contributed by atoms with Crippen molar-refractivity contribution in [1.29, 1.82) is 0 Å². The molecule has 2 N–H and O–H groups in total. The molecule has 1 aliphatic carbocycles. The third-order valence-corrected chi connectivity index (χ3v) is 5.47. The Labute approximate surface area is 177 Å². The molecule has 0 aliphatic heterocycles. The van der Waals surface area contributed by atoms with Crippen molar-refractivity contribution in [3.8, 4) is 0 Å². The Kier molecular flexibility index (Phi) is 5.97. The number of nitrogens with one attached hydrogen (secondary N) is 2. The van der Waals surface area contributed by atoms with Gasteiger partial charge in [-0.25, -0.2) is 9.78 Å². The number of fused-ring (bicyclic) bond motifs is 1. The van der Waals surface area contributed by atoms with Gasteiger partial charge in [-0.1, -0.05) is 36.4 Å². The standard InChI is InChI=1S/C23H28N6O/c1-28(2)22-18(10-7-13-24-22)14-25-23(30)27-20-11-6-12-21-19(20)15-26-29(21)16-17-8-4-3-5-9-17/h3-5,7-10,13,15,20H,6,11-12,14,16H2,1-2H3,(H2,25,27,30). The first-order chi connectivity index (χ1) is 14.6. The van der Waals surface area contributed by atoms with Gasteiger partial charge in [0, 0.05) is 43.7 Å². The van der Waals surface area contributed by atoms with Gasteiger partial charge in [-0.15, -0.1) is 0 Å². The molecule has 0 bridgehead atoms. The summed E-state index contributed by atoms with van der Waals surface area (Å²) in [5.74, 6) is 0.861. The SMILES string of the molecule is CN(C)c1ncccc1CNC(=O)NC1CCCc2c1cnn2Cc1ccccc1. The Hall–Kier alpha value is -3.35. The maximum absolute atomic E-state index is 12.6. The van der Waals surface area contributed by atoms with Gasteiger partial charge in [0.05, 0.1) is 18.8 Å². The number of aromatic nitrogens is 3. The fourth-order valence-corrected chi connectivity index (χ4v) is 4.02. The first-order valence-corrected chi connectivity index (χ1v) is 10.4. The lowest BCUT2D eigenvalue weighted by molar-refractivity contribution is 0.235. The molecule has 7 nitrogen and oxygen atoms in total. The van der Waals surface area contributed by atoms with Crippen LogP contribution in [0.1, 0.15) is 41.3 Å². The highest BCUT2D eigenvalue weighted by Crippen LogP contribution is 2.30. The number of pyridine rings is 1. The quantitative estimate of drug-likeness (QED) is 0.661. The summed E-state index contributed by atoms with van der Waals surface area (Å²) in [4.78, 5) is 18.9. The van der Waals surface area contributed by atoms with E-state index < -0.39 is 0 Å². The number of hydrogen-bond acceptors (Lipinski definition) is 4. The lowest BCUT2D eigenvalue weighted by Crippen LogP contribution is -2.39. The average molecular weight is 405 g/mol. The van der Waals surface area contributed by atoms with Crippen molar-refractivity contribution in [1.82, 2.24) is 25.4 Å². The zero-order valence-electron chi connectivity index (χ0n) is 17.5. The van der Waals surface area contributed by atoms with E-state index >= 15 is 0 Å². The molecule has 156 valence electrons. The van der Waals surface area contributed by atoms with Crippen LogP contribution in [0.2, 0.25) is 0 Å². The molecule has 0 radical (unpaired) electrons. The summed E-state index contributed by atoms with van der Waals surface area (Å²) in [7, 11) is 3.89. The fourth-order valence-electron chi connectivity index (χ4n) is 4.02. The predicted octanol–water partition coefficient (Wildman–Crippen LogP) is 3.27. The number of carbonyl (C=O) groups excluding carboxylic acids is 1. The summed E-state index contributed by atoms with van der Waals surface area (Å²) in [6, 6.07) is 14.0. The molecule has 0 fully saturated rings. The number of benzene rings is 1. The largest absolute Gasteiger partial charge is 0.362 e. The summed E-state index contributed by atoms with van der Waals surface area (Å²) >= 11 is 0. The van der Waals surface area contributed by atoms with Crippen LogP contribution in [-0.4, -0.2) is 34.9 Å². The molecule has 1 atom stereocenters. The molecule has 2 heterocycles. The van der Waals surface area contributed by atoms with Crippen molar-refractivity contribution >= 4 is 11.8 Å². The van der Waals surface area contributed by atoms with Gasteiger partial charge in [0.2, 0.25) is 0 Å². The van der Waals surface area contributed by atoms with Crippen LogP contribution in [-0.2, 0) is 19.5 Å². The zero-order valence-corrected chi connectivity index (χ0v) is 17.5. The molecular formula is C23H28N6O. The van der Waals surface area contributed by atoms with Gasteiger partial charge in [0.25, 0.3) is 0 Å². The number of urea groups is 1. The van der Waals surface area contributed by atoms with E-state index in [1.807, 2.05) is 55.5 Å². The molecule has 0 saturated heterocycles. The summed E-state index contributed by atoms with van der Waals surface area (Å²) in [5.41, 5.74) is 4.56. The van der Waals surface area contributed by atoms with Gasteiger partial charge < -0.3 is 15.5 Å². The van der Waals surface area contributed by atoms with Crippen molar-refractivity contribution < 1.29 is 4.79 Å². The van der Waals surface area contributed by atoms with Crippen molar-refractivity contribution in [2.75, 3.05) is 19.0 Å². The Morgan fingerprint density at radius 1 is 1.20 bits per heavy atom. The lowest BCUT2D eigenvalue weighted by atomic mass is 9.93. The first-order valence-electron chi connectivity index (χ1n) is 10.4. The van der Waals surface area contributed by atoms with Crippen LogP contribution in [0.3, 0.4) is 0 Å². The van der Waals surface area contributed by atoms with Crippen LogP contribution >= 0.6 is 0 Å². The highest BCUT2D eigenvalue weighted by Gasteiger charge is 2.25. The second kappa shape index (κ2) is 8.98. The molecule has 1 unspecified atom stereocenters. The summed E-state index contributed by atoms with van der Waals surface area (Å²) in [6.45, 7) is 1.18. The Bertz CT molecular complexity index is 998. The van der Waals surface area contributed by atoms with Gasteiger partial charge >= 0.3 is 6.03 Å². The smallest absolute Gasteiger partial charge is 0.315 e. The lowest BCUT2D eigenvalue weighted by Gasteiger charge is -2.24. The molecule has 0 spiro atoms. The van der Waals surface area contributed by atoms with Crippen LogP contribution in [0, 0.1) is 0 Å². The molecule has 0 saturated carbocycles. The van der Waals surface area contributed by atoms with Gasteiger partial charge in [-0.3, -0.25) is 4.68 Å². The number of anilines is 1. The predicted molar refractivity (Wildman–Crippen MR) is 117 cm³/mol. The summed E-state index contributed by atoms with van der Waals surface area (Å²) in [6.07, 6.45) is 6.62. The van der Waals surface area contributed by atoms with Gasteiger partial charge in [-0.05, 0) is 30.9 Å². The number of amides is 2. The Balaban J connectivity index is 1.40. The second-order valence-electron chi connectivity index (χ2n) is 7.84. The zero-order chi connectivity index (χ0) is 20.9. The van der Waals surface area contributed by atoms with E-state index in [1.54, 1.807) is 6.20 Å². The van der Waals surface area contributed by atoms with Gasteiger partial charge in [0.1, 0.15) is 5.82 Å². The average Bonchev–Trinajstić information content (AvgIpc) is 3.17. The second-order valence-corrected chi connectivity index (χ2v) is 7.84. The monoisotopic (exact) mass is 404 g/mol. The summed E-state index contributed by atoms with van der Waals surface area (Å²) in [5, 5.41) is 10.7. The van der Waals surface area contributed by atoms with Crippen LogP contribution in [0.25, 0.3) is 0 Å². The van der Waals surface area contributed by atoms with E-state index in [2.05, 4.69) is 37.5 Å². The van der Waals surface area contributed by atoms with E-state index in [9.17, 15) is 4.79 Å². The molecule has 30 heavy (non-hydrogen) atoms. The molecule has 2 aromatic heterocycles. The van der Waals surface area contributed by atoms with E-state index in [0.29, 0.717) is 6.54 Å². The van der Waals surface area contributed by atoms with E-state index in [4.69, 9.17) is 0 Å². The van der Waals surface area contributed by atoms with Crippen molar-refractivity contribution in [2.24, 2.45) is 0 Å². The number of nitrogens with zero attached hydrogens (tertiary/aromatic N) is 4. The molecule has 7 heteroatoms. The molecule has 3 aromatic rings. The highest BCUT2D eigenvalue weighted by atomic mass is 16.2. The highest BCUT2D eigenvalue weighted by molar-refractivity contribution is 5.74. The van der Waals surface area contributed by atoms with Crippen LogP contribution < -0.4 is 15.5 Å². The van der Waals surface area contributed by atoms with Crippen molar-refractivity contribution in [3.05, 3.63) is 77.2 Å². The van der Waals surface area contributed by atoms with Crippen molar-refractivity contribution in [2.45, 2.75) is 38.4 Å². The maximum atomic E-state index is 12.6. The number of rotatable bonds is 6. The van der Waals surface area contributed by atoms with Crippen LogP contribution in [0.4, 0.5) is 10.6 Å². The maximum Gasteiger partial charge on any atom is 0.315 e. The minimum Gasteiger partial charge on any atom is -0.362 e. The van der Waals surface area contributed by atoms with E-state index in [0.717, 1.165) is 42.8 Å². The fraction of sp³-hybridized carbons (Fsp3) is 0.348. The van der Waals surface area contributed by atoms with E-state index in [-0.39, 0.29) is 12.1 Å². The normalized spacial score (nSPS) is 15.3. The molecule has 1 aliphatic rings.